The van der Waals surface area contributed by atoms with E-state index in [1.807, 2.05) is 31.2 Å². The minimum absolute atomic E-state index is 0.105. The molecule has 7 heteroatoms. The summed E-state index contributed by atoms with van der Waals surface area (Å²) in [6, 6.07) is 7.31. The summed E-state index contributed by atoms with van der Waals surface area (Å²) in [5, 5.41) is 11.5. The van der Waals surface area contributed by atoms with E-state index in [0.29, 0.717) is 23.6 Å². The molecule has 1 aliphatic rings. The predicted octanol–water partition coefficient (Wildman–Crippen LogP) is 4.25. The number of nitrogens with one attached hydrogen (secondary N) is 1. The standard InChI is InChI=1S/C18H23N3O3S/c1-2-23-15-10-8-14(9-11-15)19-16(22)12-25-18-21-20-17(24-18)13-6-4-3-5-7-13/h8-11,13H,2-7,12H2,1H3,(H,19,22). The largest absolute Gasteiger partial charge is 0.494 e. The molecule has 1 aromatic carbocycles. The van der Waals surface area contributed by atoms with Gasteiger partial charge in [0, 0.05) is 11.6 Å². The Labute approximate surface area is 151 Å². The van der Waals surface area contributed by atoms with Crippen LogP contribution in [0.5, 0.6) is 5.75 Å². The van der Waals surface area contributed by atoms with Crippen LogP contribution < -0.4 is 10.1 Å². The maximum absolute atomic E-state index is 12.1. The van der Waals surface area contributed by atoms with Crippen molar-refractivity contribution in [2.45, 2.75) is 50.2 Å². The molecule has 1 N–H and O–H groups in total. The Morgan fingerprint density at radius 3 is 2.72 bits per heavy atom. The van der Waals surface area contributed by atoms with E-state index in [-0.39, 0.29) is 11.7 Å². The van der Waals surface area contributed by atoms with Crippen LogP contribution in [0.2, 0.25) is 0 Å². The number of ether oxygens (including phenoxy) is 1. The molecule has 1 saturated carbocycles. The lowest BCUT2D eigenvalue weighted by molar-refractivity contribution is -0.113. The molecule has 0 spiro atoms. The van der Waals surface area contributed by atoms with Crippen molar-refractivity contribution in [2.75, 3.05) is 17.7 Å². The number of aromatic nitrogens is 2. The van der Waals surface area contributed by atoms with Crippen LogP contribution in [-0.2, 0) is 4.79 Å². The average molecular weight is 361 g/mol. The van der Waals surface area contributed by atoms with E-state index in [4.69, 9.17) is 9.15 Å². The summed E-state index contributed by atoms with van der Waals surface area (Å²) in [7, 11) is 0. The normalized spacial score (nSPS) is 15.1. The molecule has 0 aliphatic heterocycles. The van der Waals surface area contributed by atoms with Crippen molar-refractivity contribution in [3.8, 4) is 5.75 Å². The van der Waals surface area contributed by atoms with Gasteiger partial charge >= 0.3 is 0 Å². The maximum Gasteiger partial charge on any atom is 0.277 e. The Bertz CT molecular complexity index is 681. The molecular weight excluding hydrogens is 338 g/mol. The van der Waals surface area contributed by atoms with Crippen molar-refractivity contribution in [2.24, 2.45) is 0 Å². The van der Waals surface area contributed by atoms with Crippen molar-refractivity contribution in [1.29, 1.82) is 0 Å². The third kappa shape index (κ3) is 5.22. The zero-order valence-corrected chi connectivity index (χ0v) is 15.2. The van der Waals surface area contributed by atoms with Gasteiger partial charge in [-0.15, -0.1) is 10.2 Å². The van der Waals surface area contributed by atoms with Crippen LogP contribution in [-0.4, -0.2) is 28.5 Å². The van der Waals surface area contributed by atoms with Crippen LogP contribution in [0.25, 0.3) is 0 Å². The van der Waals surface area contributed by atoms with Crippen LogP contribution in [0, 0.1) is 0 Å². The summed E-state index contributed by atoms with van der Waals surface area (Å²) >= 11 is 1.27. The highest BCUT2D eigenvalue weighted by Gasteiger charge is 2.21. The van der Waals surface area contributed by atoms with Gasteiger partial charge in [0.15, 0.2) is 0 Å². The number of hydrogen-bond donors (Lipinski definition) is 1. The summed E-state index contributed by atoms with van der Waals surface area (Å²) in [6.07, 6.45) is 5.97. The molecule has 2 aromatic rings. The lowest BCUT2D eigenvalue weighted by Crippen LogP contribution is -2.13. The van der Waals surface area contributed by atoms with Crippen molar-refractivity contribution in [3.63, 3.8) is 0 Å². The first kappa shape index (κ1) is 17.8. The zero-order valence-electron chi connectivity index (χ0n) is 14.4. The molecule has 0 bridgehead atoms. The molecule has 3 rings (SSSR count). The van der Waals surface area contributed by atoms with Gasteiger partial charge in [-0.2, -0.15) is 0 Å². The summed E-state index contributed by atoms with van der Waals surface area (Å²) in [6.45, 7) is 2.56. The zero-order chi connectivity index (χ0) is 17.5. The highest BCUT2D eigenvalue weighted by Crippen LogP contribution is 2.32. The molecule has 0 radical (unpaired) electrons. The summed E-state index contributed by atoms with van der Waals surface area (Å²) in [5.41, 5.74) is 0.738. The fourth-order valence-corrected chi connectivity index (χ4v) is 3.49. The Kier molecular flexibility index (Phi) is 6.33. The van der Waals surface area contributed by atoms with Crippen molar-refractivity contribution in [3.05, 3.63) is 30.2 Å². The summed E-state index contributed by atoms with van der Waals surface area (Å²) < 4.78 is 11.1. The van der Waals surface area contributed by atoms with Gasteiger partial charge in [-0.1, -0.05) is 31.0 Å². The summed E-state index contributed by atoms with van der Waals surface area (Å²) in [4.78, 5) is 12.1. The minimum Gasteiger partial charge on any atom is -0.494 e. The molecule has 134 valence electrons. The number of carbonyl (C=O) groups excluding carboxylic acids is 1. The van der Waals surface area contributed by atoms with E-state index in [1.165, 1.54) is 31.0 Å². The molecule has 0 atom stereocenters. The van der Waals surface area contributed by atoms with E-state index < -0.39 is 0 Å². The van der Waals surface area contributed by atoms with Gasteiger partial charge in [0.05, 0.1) is 12.4 Å². The van der Waals surface area contributed by atoms with Crippen LogP contribution in [0.1, 0.15) is 50.8 Å². The quantitative estimate of drug-likeness (QED) is 0.743. The van der Waals surface area contributed by atoms with Crippen molar-refractivity contribution >= 4 is 23.4 Å². The molecule has 25 heavy (non-hydrogen) atoms. The smallest absolute Gasteiger partial charge is 0.277 e. The number of hydrogen-bond acceptors (Lipinski definition) is 6. The third-order valence-electron chi connectivity index (χ3n) is 4.15. The highest BCUT2D eigenvalue weighted by molar-refractivity contribution is 7.99. The van der Waals surface area contributed by atoms with Crippen LogP contribution >= 0.6 is 11.8 Å². The van der Waals surface area contributed by atoms with Crippen LogP contribution in [0.15, 0.2) is 33.9 Å². The van der Waals surface area contributed by atoms with Gasteiger partial charge < -0.3 is 14.5 Å². The number of carbonyl (C=O) groups is 1. The van der Waals surface area contributed by atoms with Crippen LogP contribution in [0.3, 0.4) is 0 Å². The molecule has 6 nitrogen and oxygen atoms in total. The number of rotatable bonds is 7. The van der Waals surface area contributed by atoms with Crippen LogP contribution in [0.4, 0.5) is 5.69 Å². The van der Waals surface area contributed by atoms with E-state index in [9.17, 15) is 4.79 Å². The summed E-state index contributed by atoms with van der Waals surface area (Å²) in [5.74, 6) is 2.02. The Hall–Kier alpha value is -2.02. The number of benzene rings is 1. The number of amides is 1. The molecule has 0 unspecified atom stereocenters. The molecule has 1 aromatic heterocycles. The van der Waals surface area contributed by atoms with E-state index in [1.54, 1.807) is 0 Å². The maximum atomic E-state index is 12.1. The van der Waals surface area contributed by atoms with Gasteiger partial charge in [-0.3, -0.25) is 4.79 Å². The van der Waals surface area contributed by atoms with Gasteiger partial charge in [0.25, 0.3) is 5.22 Å². The fraction of sp³-hybridized carbons (Fsp3) is 0.500. The van der Waals surface area contributed by atoms with E-state index in [0.717, 1.165) is 24.3 Å². The Morgan fingerprint density at radius 1 is 1.24 bits per heavy atom. The first-order valence-electron chi connectivity index (χ1n) is 8.73. The van der Waals surface area contributed by atoms with Crippen molar-refractivity contribution in [1.82, 2.24) is 10.2 Å². The molecule has 1 fully saturated rings. The van der Waals surface area contributed by atoms with Gasteiger partial charge in [0.1, 0.15) is 5.75 Å². The van der Waals surface area contributed by atoms with Gasteiger partial charge in [-0.25, -0.2) is 0 Å². The first-order valence-corrected chi connectivity index (χ1v) is 9.72. The first-order chi connectivity index (χ1) is 12.2. The van der Waals surface area contributed by atoms with Gasteiger partial charge in [0.2, 0.25) is 11.8 Å². The Balaban J connectivity index is 1.46. The molecule has 1 aliphatic carbocycles. The molecule has 0 saturated heterocycles. The van der Waals surface area contributed by atoms with E-state index in [2.05, 4.69) is 15.5 Å². The lowest BCUT2D eigenvalue weighted by Gasteiger charge is -2.17. The second kappa shape index (κ2) is 8.89. The molecule has 1 amide bonds. The second-order valence-corrected chi connectivity index (χ2v) is 6.96. The van der Waals surface area contributed by atoms with Gasteiger partial charge in [-0.05, 0) is 44.0 Å². The second-order valence-electron chi connectivity index (χ2n) is 6.04. The topological polar surface area (TPSA) is 77.2 Å². The lowest BCUT2D eigenvalue weighted by atomic mass is 9.89. The third-order valence-corrected chi connectivity index (χ3v) is 4.97. The SMILES string of the molecule is CCOc1ccc(NC(=O)CSc2nnc(C3CCCCC3)o2)cc1. The monoisotopic (exact) mass is 361 g/mol. The molecular formula is C18H23N3O3S. The van der Waals surface area contributed by atoms with E-state index >= 15 is 0 Å². The Morgan fingerprint density at radius 2 is 2.00 bits per heavy atom. The minimum atomic E-state index is -0.105. The predicted molar refractivity (Wildman–Crippen MR) is 97.1 cm³/mol. The molecule has 1 heterocycles. The average Bonchev–Trinajstić information content (AvgIpc) is 3.12. The number of nitrogens with zero attached hydrogens (tertiary/aromatic N) is 2. The van der Waals surface area contributed by atoms with Crippen molar-refractivity contribution < 1.29 is 13.9 Å². The number of anilines is 1. The number of thioether (sulfide) groups is 1. The highest BCUT2D eigenvalue weighted by atomic mass is 32.2. The fourth-order valence-electron chi connectivity index (χ4n) is 2.92.